The summed E-state index contributed by atoms with van der Waals surface area (Å²) < 4.78 is 32.9. The van der Waals surface area contributed by atoms with Crippen LogP contribution in [-0.4, -0.2) is 49.0 Å². The van der Waals surface area contributed by atoms with Crippen molar-refractivity contribution in [1.29, 1.82) is 0 Å². The van der Waals surface area contributed by atoms with Gasteiger partial charge in [-0.3, -0.25) is 0 Å². The number of ether oxygens (including phenoxy) is 1. The number of morpholine rings is 1. The lowest BCUT2D eigenvalue weighted by Gasteiger charge is -2.34. The molecule has 9 heteroatoms. The summed E-state index contributed by atoms with van der Waals surface area (Å²) in [4.78, 5) is 15.6. The van der Waals surface area contributed by atoms with E-state index in [1.807, 2.05) is 38.2 Å². The van der Waals surface area contributed by atoms with E-state index in [9.17, 15) is 13.2 Å². The number of nitrogens with zero attached hydrogens (tertiary/aromatic N) is 1. The van der Waals surface area contributed by atoms with Crippen molar-refractivity contribution >= 4 is 38.3 Å². The fourth-order valence-corrected chi connectivity index (χ4v) is 5.20. The number of rotatable bonds is 4. The van der Waals surface area contributed by atoms with Gasteiger partial charge in [-0.15, -0.1) is 0 Å². The molecule has 0 spiro atoms. The number of aromatic nitrogens is 1. The van der Waals surface area contributed by atoms with E-state index in [0.717, 1.165) is 10.9 Å². The summed E-state index contributed by atoms with van der Waals surface area (Å²) in [6.07, 6.45) is 1.53. The molecule has 2 unspecified atom stereocenters. The van der Waals surface area contributed by atoms with Crippen LogP contribution in [0.2, 0.25) is 0 Å². The molecule has 3 aromatic rings. The third-order valence-corrected chi connectivity index (χ3v) is 6.79. The number of urea groups is 1. The van der Waals surface area contributed by atoms with E-state index in [1.54, 1.807) is 18.2 Å². The van der Waals surface area contributed by atoms with Crippen molar-refractivity contribution < 1.29 is 17.9 Å². The first-order chi connectivity index (χ1) is 14.3. The Labute approximate surface area is 175 Å². The van der Waals surface area contributed by atoms with Gasteiger partial charge in [0.25, 0.3) is 0 Å². The fourth-order valence-electron chi connectivity index (χ4n) is 3.61. The molecule has 1 fully saturated rings. The van der Waals surface area contributed by atoms with Crippen molar-refractivity contribution in [3.8, 4) is 0 Å². The molecule has 4 rings (SSSR count). The van der Waals surface area contributed by atoms with E-state index in [4.69, 9.17) is 4.74 Å². The minimum Gasteiger partial charge on any atom is -0.373 e. The van der Waals surface area contributed by atoms with Gasteiger partial charge in [0.1, 0.15) is 0 Å². The Morgan fingerprint density at radius 1 is 1.00 bits per heavy atom. The van der Waals surface area contributed by atoms with Crippen LogP contribution in [0, 0.1) is 0 Å². The summed E-state index contributed by atoms with van der Waals surface area (Å²) in [6, 6.07) is 13.2. The third-order valence-electron chi connectivity index (χ3n) is 4.95. The number of fused-ring (bicyclic) bond motifs is 1. The molecule has 1 aliphatic rings. The SMILES string of the molecule is CC1CN(S(=O)(=O)c2ccc(NC(=O)Nc3ccc4[nH]ccc4c3)cc2)CC(C)O1. The normalized spacial score (nSPS) is 20.2. The van der Waals surface area contributed by atoms with Gasteiger partial charge < -0.3 is 20.4 Å². The molecule has 2 aromatic carbocycles. The second-order valence-electron chi connectivity index (χ2n) is 7.46. The molecule has 30 heavy (non-hydrogen) atoms. The van der Waals surface area contributed by atoms with Crippen LogP contribution in [0.4, 0.5) is 16.2 Å². The van der Waals surface area contributed by atoms with Crippen LogP contribution in [0.25, 0.3) is 10.9 Å². The van der Waals surface area contributed by atoms with Crippen LogP contribution in [-0.2, 0) is 14.8 Å². The summed E-state index contributed by atoms with van der Waals surface area (Å²) in [5.74, 6) is 0. The molecular formula is C21H24N4O4S. The van der Waals surface area contributed by atoms with Crippen molar-refractivity contribution in [2.75, 3.05) is 23.7 Å². The lowest BCUT2D eigenvalue weighted by molar-refractivity contribution is -0.0440. The second kappa shape index (κ2) is 8.10. The molecule has 0 aliphatic carbocycles. The van der Waals surface area contributed by atoms with Crippen molar-refractivity contribution in [3.63, 3.8) is 0 Å². The van der Waals surface area contributed by atoms with Crippen LogP contribution in [0.1, 0.15) is 13.8 Å². The van der Waals surface area contributed by atoms with E-state index in [0.29, 0.717) is 24.5 Å². The third kappa shape index (κ3) is 4.33. The number of benzene rings is 2. The molecular weight excluding hydrogens is 404 g/mol. The van der Waals surface area contributed by atoms with Crippen LogP contribution in [0.3, 0.4) is 0 Å². The first-order valence-corrected chi connectivity index (χ1v) is 11.2. The number of aromatic amines is 1. The zero-order valence-corrected chi connectivity index (χ0v) is 17.6. The molecule has 0 radical (unpaired) electrons. The highest BCUT2D eigenvalue weighted by molar-refractivity contribution is 7.89. The summed E-state index contributed by atoms with van der Waals surface area (Å²) >= 11 is 0. The Kier molecular flexibility index (Phi) is 5.50. The number of carbonyl (C=O) groups excluding carboxylic acids is 1. The van der Waals surface area contributed by atoms with E-state index in [2.05, 4.69) is 15.6 Å². The summed E-state index contributed by atoms with van der Waals surface area (Å²) in [7, 11) is -3.61. The van der Waals surface area contributed by atoms with E-state index >= 15 is 0 Å². The highest BCUT2D eigenvalue weighted by atomic mass is 32.2. The molecule has 1 saturated heterocycles. The second-order valence-corrected chi connectivity index (χ2v) is 9.40. The minimum atomic E-state index is -3.61. The van der Waals surface area contributed by atoms with Gasteiger partial charge in [-0.05, 0) is 62.4 Å². The zero-order chi connectivity index (χ0) is 21.3. The van der Waals surface area contributed by atoms with Gasteiger partial charge in [-0.2, -0.15) is 4.31 Å². The highest BCUT2D eigenvalue weighted by Gasteiger charge is 2.32. The van der Waals surface area contributed by atoms with Gasteiger partial charge in [-0.1, -0.05) is 0 Å². The average molecular weight is 429 g/mol. The number of H-pyrrole nitrogens is 1. The van der Waals surface area contributed by atoms with Crippen LogP contribution in [0.15, 0.2) is 59.6 Å². The molecule has 2 amide bonds. The fraction of sp³-hybridized carbons (Fsp3) is 0.286. The molecule has 158 valence electrons. The number of nitrogens with one attached hydrogen (secondary N) is 3. The van der Waals surface area contributed by atoms with E-state index in [-0.39, 0.29) is 17.1 Å². The number of hydrogen-bond donors (Lipinski definition) is 3. The van der Waals surface area contributed by atoms with Crippen LogP contribution < -0.4 is 10.6 Å². The Hall–Kier alpha value is -2.88. The summed E-state index contributed by atoms with van der Waals surface area (Å²) in [6.45, 7) is 4.36. The molecule has 2 heterocycles. The van der Waals surface area contributed by atoms with Gasteiger partial charge in [0.15, 0.2) is 0 Å². The highest BCUT2D eigenvalue weighted by Crippen LogP contribution is 2.23. The Morgan fingerprint density at radius 3 is 2.33 bits per heavy atom. The number of anilines is 2. The molecule has 1 aromatic heterocycles. The van der Waals surface area contributed by atoms with Gasteiger partial charge in [0, 0.05) is 41.6 Å². The van der Waals surface area contributed by atoms with Gasteiger partial charge >= 0.3 is 6.03 Å². The summed E-state index contributed by atoms with van der Waals surface area (Å²) in [5, 5.41) is 6.49. The lowest BCUT2D eigenvalue weighted by atomic mass is 10.2. The largest absolute Gasteiger partial charge is 0.373 e. The predicted molar refractivity (Wildman–Crippen MR) is 116 cm³/mol. The van der Waals surface area contributed by atoms with Crippen LogP contribution in [0.5, 0.6) is 0 Å². The number of sulfonamides is 1. The van der Waals surface area contributed by atoms with Crippen molar-refractivity contribution in [2.24, 2.45) is 0 Å². The predicted octanol–water partition coefficient (Wildman–Crippen LogP) is 3.61. The molecule has 0 bridgehead atoms. The van der Waals surface area contributed by atoms with Gasteiger partial charge in [0.05, 0.1) is 17.1 Å². The first-order valence-electron chi connectivity index (χ1n) is 9.72. The smallest absolute Gasteiger partial charge is 0.323 e. The van der Waals surface area contributed by atoms with E-state index in [1.165, 1.54) is 16.4 Å². The van der Waals surface area contributed by atoms with Crippen LogP contribution >= 0.6 is 0 Å². The lowest BCUT2D eigenvalue weighted by Crippen LogP contribution is -2.48. The van der Waals surface area contributed by atoms with Crippen molar-refractivity contribution in [1.82, 2.24) is 9.29 Å². The Balaban J connectivity index is 1.42. The van der Waals surface area contributed by atoms with Gasteiger partial charge in [0.2, 0.25) is 10.0 Å². The molecule has 2 atom stereocenters. The maximum Gasteiger partial charge on any atom is 0.323 e. The van der Waals surface area contributed by atoms with Gasteiger partial charge in [-0.25, -0.2) is 13.2 Å². The number of carbonyl (C=O) groups is 1. The number of hydrogen-bond acceptors (Lipinski definition) is 4. The Bertz CT molecular complexity index is 1150. The minimum absolute atomic E-state index is 0.154. The van der Waals surface area contributed by atoms with E-state index < -0.39 is 16.1 Å². The maximum atomic E-state index is 12.9. The summed E-state index contributed by atoms with van der Waals surface area (Å²) in [5.41, 5.74) is 2.15. The number of amides is 2. The average Bonchev–Trinajstić information content (AvgIpc) is 3.15. The Morgan fingerprint density at radius 2 is 1.63 bits per heavy atom. The quantitative estimate of drug-likeness (QED) is 0.591. The van der Waals surface area contributed by atoms with Crippen molar-refractivity contribution in [2.45, 2.75) is 31.0 Å². The topological polar surface area (TPSA) is 104 Å². The van der Waals surface area contributed by atoms with Crippen molar-refractivity contribution in [3.05, 3.63) is 54.7 Å². The standard InChI is InChI=1S/C21H24N4O4S/c1-14-12-25(13-15(2)29-14)30(27,28)19-6-3-17(4-7-19)23-21(26)24-18-5-8-20-16(11-18)9-10-22-20/h3-11,14-15,22H,12-13H2,1-2H3,(H2,23,24,26). The molecule has 1 aliphatic heterocycles. The molecule has 3 N–H and O–H groups in total. The zero-order valence-electron chi connectivity index (χ0n) is 16.8. The molecule has 8 nitrogen and oxygen atoms in total. The maximum absolute atomic E-state index is 12.9. The monoisotopic (exact) mass is 428 g/mol. The first kappa shape index (κ1) is 20.4. The molecule has 0 saturated carbocycles.